The molecule has 0 bridgehead atoms. The van der Waals surface area contributed by atoms with Gasteiger partial charge in [0, 0.05) is 24.6 Å². The minimum atomic E-state index is -0.827. The second-order valence-electron chi connectivity index (χ2n) is 9.62. The highest BCUT2D eigenvalue weighted by molar-refractivity contribution is 6.02. The van der Waals surface area contributed by atoms with E-state index >= 15 is 0 Å². The first-order valence-corrected chi connectivity index (χ1v) is 12.5. The van der Waals surface area contributed by atoms with Gasteiger partial charge < -0.3 is 9.94 Å². The van der Waals surface area contributed by atoms with Crippen LogP contribution in [0.3, 0.4) is 0 Å². The molecular weight excluding hydrogens is 461 g/mol. The third-order valence-corrected chi connectivity index (χ3v) is 7.22. The van der Waals surface area contributed by atoms with Crippen molar-refractivity contribution in [3.63, 3.8) is 0 Å². The summed E-state index contributed by atoms with van der Waals surface area (Å²) >= 11 is 0. The van der Waals surface area contributed by atoms with Crippen molar-refractivity contribution < 1.29 is 23.9 Å². The molecule has 36 heavy (non-hydrogen) atoms. The van der Waals surface area contributed by atoms with E-state index in [4.69, 9.17) is 9.94 Å². The Hall–Kier alpha value is -3.52. The lowest BCUT2D eigenvalue weighted by Gasteiger charge is -2.45. The molecule has 4 unspecified atom stereocenters. The smallest absolute Gasteiger partial charge is 0.303 e. The van der Waals surface area contributed by atoms with Crippen molar-refractivity contribution in [1.82, 2.24) is 5.32 Å². The molecule has 0 spiro atoms. The van der Waals surface area contributed by atoms with Gasteiger partial charge in [0.05, 0.1) is 17.8 Å². The number of carbonyl (C=O) groups is 2. The molecule has 1 fully saturated rings. The van der Waals surface area contributed by atoms with Crippen LogP contribution in [0.5, 0.6) is 0 Å². The second kappa shape index (κ2) is 10.6. The Morgan fingerprint density at radius 2 is 1.92 bits per heavy atom. The minimum Gasteiger partial charge on any atom is -0.481 e. The van der Waals surface area contributed by atoms with Gasteiger partial charge in [0.1, 0.15) is 5.82 Å². The highest BCUT2D eigenvalue weighted by Gasteiger charge is 2.43. The van der Waals surface area contributed by atoms with Crippen LogP contribution in [-0.4, -0.2) is 34.9 Å². The molecule has 1 amide bonds. The van der Waals surface area contributed by atoms with Crippen LogP contribution >= 0.6 is 0 Å². The Morgan fingerprint density at radius 3 is 2.67 bits per heavy atom. The fraction of sp³-hybridized carbons (Fsp3) is 0.393. The van der Waals surface area contributed by atoms with E-state index in [0.717, 1.165) is 23.3 Å². The summed E-state index contributed by atoms with van der Waals surface area (Å²) < 4.78 is 13.6. The van der Waals surface area contributed by atoms with E-state index in [0.29, 0.717) is 37.8 Å². The number of fused-ring (bicyclic) bond motifs is 1. The fourth-order valence-corrected chi connectivity index (χ4v) is 5.37. The van der Waals surface area contributed by atoms with E-state index in [1.54, 1.807) is 17.0 Å². The van der Waals surface area contributed by atoms with Crippen LogP contribution in [0.4, 0.5) is 10.1 Å². The first-order valence-electron chi connectivity index (χ1n) is 12.5. The molecule has 5 rings (SSSR count). The van der Waals surface area contributed by atoms with Gasteiger partial charge in [-0.3, -0.25) is 19.8 Å². The Morgan fingerprint density at radius 1 is 1.14 bits per heavy atom. The highest BCUT2D eigenvalue weighted by atomic mass is 19.1. The van der Waals surface area contributed by atoms with E-state index in [-0.39, 0.29) is 42.4 Å². The predicted molar refractivity (Wildman–Crippen MR) is 134 cm³/mol. The molecule has 2 aliphatic heterocycles. The maximum absolute atomic E-state index is 13.7. The lowest BCUT2D eigenvalue weighted by molar-refractivity contribution is -0.137. The van der Waals surface area contributed by atoms with Crippen LogP contribution in [0.1, 0.15) is 56.6 Å². The first kappa shape index (κ1) is 24.2. The Balaban J connectivity index is 1.33. The maximum Gasteiger partial charge on any atom is 0.303 e. The number of carboxylic acid groups (broad SMARTS) is 1. The van der Waals surface area contributed by atoms with Gasteiger partial charge in [0.2, 0.25) is 5.91 Å². The average molecular weight is 492 g/mol. The standard InChI is InChI=1S/C28H30FN3O4/c29-20-11-13-21(14-12-20)32-26(8-4-5-9-27(33)34)30-24-16-19(10-15-22(24)28(32)35)23-17-25(36-31-23)18-6-2-1-3-7-18/h1-3,6-7,11-14,16,22,24-26,30H,4-5,8-10,15,17H2,(H,33,34). The van der Waals surface area contributed by atoms with Crippen molar-refractivity contribution in [2.45, 2.75) is 63.3 Å². The quantitative estimate of drug-likeness (QED) is 0.510. The number of nitrogens with zero attached hydrogens (tertiary/aromatic N) is 2. The molecule has 2 heterocycles. The van der Waals surface area contributed by atoms with E-state index in [1.807, 2.05) is 30.3 Å². The summed E-state index contributed by atoms with van der Waals surface area (Å²) in [6.45, 7) is 0. The molecular formula is C28H30FN3O4. The number of rotatable bonds is 8. The largest absolute Gasteiger partial charge is 0.481 e. The van der Waals surface area contributed by atoms with Crippen LogP contribution in [0, 0.1) is 11.7 Å². The summed E-state index contributed by atoms with van der Waals surface area (Å²) in [6, 6.07) is 15.8. The topological polar surface area (TPSA) is 91.2 Å². The molecule has 2 aromatic rings. The summed E-state index contributed by atoms with van der Waals surface area (Å²) in [4.78, 5) is 32.1. The zero-order valence-electron chi connectivity index (χ0n) is 20.0. The summed E-state index contributed by atoms with van der Waals surface area (Å²) in [5.41, 5.74) is 3.77. The number of allylic oxidation sites excluding steroid dienone is 1. The lowest BCUT2D eigenvalue weighted by Crippen LogP contribution is -2.63. The molecule has 3 aliphatic rings. The number of aliphatic carboxylic acids is 1. The number of amides is 1. The number of carboxylic acids is 1. The van der Waals surface area contributed by atoms with Crippen molar-refractivity contribution >= 4 is 23.3 Å². The molecule has 0 aromatic heterocycles. The molecule has 0 radical (unpaired) electrons. The summed E-state index contributed by atoms with van der Waals surface area (Å²) in [5.74, 6) is -1.41. The molecule has 4 atom stereocenters. The number of oxime groups is 1. The number of hydrogen-bond acceptors (Lipinski definition) is 5. The number of halogens is 1. The predicted octanol–water partition coefficient (Wildman–Crippen LogP) is 4.96. The molecule has 2 N–H and O–H groups in total. The molecule has 1 saturated heterocycles. The van der Waals surface area contributed by atoms with Crippen molar-refractivity contribution in [2.75, 3.05) is 4.90 Å². The molecule has 188 valence electrons. The number of nitrogens with one attached hydrogen (secondary N) is 1. The summed E-state index contributed by atoms with van der Waals surface area (Å²) in [6.07, 6.45) is 5.70. The van der Waals surface area contributed by atoms with E-state index in [2.05, 4.69) is 16.5 Å². The fourth-order valence-electron chi connectivity index (χ4n) is 5.37. The van der Waals surface area contributed by atoms with Crippen molar-refractivity contribution in [2.24, 2.45) is 11.1 Å². The maximum atomic E-state index is 13.7. The molecule has 7 nitrogen and oxygen atoms in total. The molecule has 8 heteroatoms. The van der Waals surface area contributed by atoms with Gasteiger partial charge >= 0.3 is 5.97 Å². The van der Waals surface area contributed by atoms with Gasteiger partial charge in [0.25, 0.3) is 0 Å². The van der Waals surface area contributed by atoms with Gasteiger partial charge in [-0.15, -0.1) is 0 Å². The Bertz CT molecular complexity index is 1170. The second-order valence-corrected chi connectivity index (χ2v) is 9.62. The third-order valence-electron chi connectivity index (χ3n) is 7.22. The van der Waals surface area contributed by atoms with Crippen molar-refractivity contribution in [3.8, 4) is 0 Å². The van der Waals surface area contributed by atoms with Gasteiger partial charge in [-0.2, -0.15) is 0 Å². The summed E-state index contributed by atoms with van der Waals surface area (Å²) in [7, 11) is 0. The number of carbonyl (C=O) groups excluding carboxylic acids is 1. The minimum absolute atomic E-state index is 0.00988. The zero-order chi connectivity index (χ0) is 25.1. The van der Waals surface area contributed by atoms with Gasteiger partial charge in [-0.05, 0) is 67.5 Å². The van der Waals surface area contributed by atoms with E-state index < -0.39 is 5.97 Å². The van der Waals surface area contributed by atoms with Crippen molar-refractivity contribution in [3.05, 3.63) is 77.6 Å². The Kier molecular flexibility index (Phi) is 7.13. The van der Waals surface area contributed by atoms with Crippen LogP contribution in [0.25, 0.3) is 0 Å². The van der Waals surface area contributed by atoms with Crippen LogP contribution < -0.4 is 10.2 Å². The lowest BCUT2D eigenvalue weighted by atomic mass is 9.80. The molecule has 2 aromatic carbocycles. The molecule has 0 saturated carbocycles. The number of unbranched alkanes of at least 4 members (excludes halogenated alkanes) is 1. The van der Waals surface area contributed by atoms with Gasteiger partial charge in [0.15, 0.2) is 6.10 Å². The van der Waals surface area contributed by atoms with Crippen LogP contribution in [-0.2, 0) is 14.4 Å². The normalized spacial score (nSPS) is 25.6. The number of hydrogen-bond donors (Lipinski definition) is 2. The number of benzene rings is 2. The van der Waals surface area contributed by atoms with Crippen LogP contribution in [0.15, 0.2) is 71.4 Å². The summed E-state index contributed by atoms with van der Waals surface area (Å²) in [5, 5.41) is 17.0. The van der Waals surface area contributed by atoms with Crippen LogP contribution in [0.2, 0.25) is 0 Å². The monoisotopic (exact) mass is 491 g/mol. The zero-order valence-corrected chi connectivity index (χ0v) is 20.0. The molecule has 1 aliphatic carbocycles. The first-order chi connectivity index (χ1) is 17.5. The highest BCUT2D eigenvalue weighted by Crippen LogP contribution is 2.37. The third kappa shape index (κ3) is 5.18. The van der Waals surface area contributed by atoms with Gasteiger partial charge in [-0.25, -0.2) is 4.39 Å². The Labute approximate surface area is 209 Å². The van der Waals surface area contributed by atoms with E-state index in [9.17, 15) is 14.0 Å². The number of anilines is 1. The van der Waals surface area contributed by atoms with E-state index in [1.165, 1.54) is 12.1 Å². The average Bonchev–Trinajstić information content (AvgIpc) is 3.38. The van der Waals surface area contributed by atoms with Gasteiger partial charge in [-0.1, -0.05) is 41.6 Å². The SMILES string of the molecule is O=C(O)CCCCC1NC2C=C(C3=NOC(c4ccccc4)C3)CCC2C(=O)N1c1ccc(F)cc1. The van der Waals surface area contributed by atoms with Crippen molar-refractivity contribution in [1.29, 1.82) is 0 Å².